The van der Waals surface area contributed by atoms with Crippen LogP contribution in [-0.2, 0) is 9.59 Å². The minimum Gasteiger partial charge on any atom is -0.490 e. The molecular formula is C17H13N3O6. The number of Topliss-reactive ketones (excluding diaryl/α,β-unsaturated/α-hetero) is 1. The number of anilines is 2. The zero-order valence-electron chi connectivity index (χ0n) is 13.6. The van der Waals surface area contributed by atoms with Gasteiger partial charge in [0.15, 0.2) is 5.75 Å². The van der Waals surface area contributed by atoms with Gasteiger partial charge >= 0.3 is 5.69 Å². The monoisotopic (exact) mass is 355 g/mol. The number of para-hydroxylation sites is 1. The first kappa shape index (κ1) is 17.1. The quantitative estimate of drug-likeness (QED) is 0.496. The number of nitrogens with one attached hydrogen (secondary N) is 1. The molecular weight excluding hydrogens is 342 g/mol. The largest absolute Gasteiger partial charge is 0.490 e. The van der Waals surface area contributed by atoms with Crippen LogP contribution in [0.25, 0.3) is 0 Å². The Hall–Kier alpha value is -3.75. The van der Waals surface area contributed by atoms with Crippen molar-refractivity contribution in [1.29, 1.82) is 0 Å². The Kier molecular flexibility index (Phi) is 4.36. The van der Waals surface area contributed by atoms with Gasteiger partial charge in [0.05, 0.1) is 23.3 Å². The van der Waals surface area contributed by atoms with E-state index in [9.17, 15) is 24.5 Å². The van der Waals surface area contributed by atoms with E-state index in [2.05, 4.69) is 5.32 Å². The highest BCUT2D eigenvalue weighted by molar-refractivity contribution is 6.52. The molecule has 0 unspecified atom stereocenters. The van der Waals surface area contributed by atoms with E-state index < -0.39 is 22.5 Å². The fraction of sp³-hybridized carbons (Fsp3) is 0.118. The SMILES string of the molecule is COc1cc(NC(=O)CN2C(=O)C(=O)c3ccccc32)ccc1[N+](=O)[O-]. The molecule has 0 spiro atoms. The van der Waals surface area contributed by atoms with E-state index in [0.717, 1.165) is 4.90 Å². The van der Waals surface area contributed by atoms with Gasteiger partial charge < -0.3 is 10.1 Å². The van der Waals surface area contributed by atoms with Crippen LogP contribution in [0.5, 0.6) is 5.75 Å². The first-order chi connectivity index (χ1) is 12.4. The predicted molar refractivity (Wildman–Crippen MR) is 91.4 cm³/mol. The highest BCUT2D eigenvalue weighted by atomic mass is 16.6. The molecule has 0 fully saturated rings. The average molecular weight is 355 g/mol. The van der Waals surface area contributed by atoms with Gasteiger partial charge in [0.25, 0.3) is 11.7 Å². The summed E-state index contributed by atoms with van der Waals surface area (Å²) in [7, 11) is 1.28. The van der Waals surface area contributed by atoms with Gasteiger partial charge in [-0.1, -0.05) is 12.1 Å². The van der Waals surface area contributed by atoms with E-state index in [1.807, 2.05) is 0 Å². The minimum absolute atomic E-state index is 0.00873. The van der Waals surface area contributed by atoms with Crippen LogP contribution >= 0.6 is 0 Å². The van der Waals surface area contributed by atoms with Crippen LogP contribution in [-0.4, -0.2) is 36.2 Å². The number of benzene rings is 2. The zero-order chi connectivity index (χ0) is 18.8. The van der Waals surface area contributed by atoms with E-state index in [0.29, 0.717) is 5.69 Å². The lowest BCUT2D eigenvalue weighted by atomic mass is 10.1. The number of hydrogen-bond donors (Lipinski definition) is 1. The van der Waals surface area contributed by atoms with Gasteiger partial charge in [-0.2, -0.15) is 0 Å². The summed E-state index contributed by atoms with van der Waals surface area (Å²) in [6, 6.07) is 10.3. The molecule has 0 saturated heterocycles. The number of carbonyl (C=O) groups excluding carboxylic acids is 3. The summed E-state index contributed by atoms with van der Waals surface area (Å²) < 4.78 is 4.94. The summed E-state index contributed by atoms with van der Waals surface area (Å²) >= 11 is 0. The van der Waals surface area contributed by atoms with E-state index in [-0.39, 0.29) is 29.2 Å². The van der Waals surface area contributed by atoms with Gasteiger partial charge in [0, 0.05) is 17.8 Å². The van der Waals surface area contributed by atoms with Crippen LogP contribution in [0.2, 0.25) is 0 Å². The molecule has 2 aromatic rings. The van der Waals surface area contributed by atoms with Crippen LogP contribution in [0.1, 0.15) is 10.4 Å². The predicted octanol–water partition coefficient (Wildman–Crippen LogP) is 1.77. The molecule has 132 valence electrons. The Morgan fingerprint density at radius 3 is 2.65 bits per heavy atom. The minimum atomic E-state index is -0.775. The molecule has 0 radical (unpaired) electrons. The second kappa shape index (κ2) is 6.63. The molecule has 2 amide bonds. The average Bonchev–Trinajstić information content (AvgIpc) is 2.86. The maximum atomic E-state index is 12.3. The molecule has 0 aromatic heterocycles. The summed E-state index contributed by atoms with van der Waals surface area (Å²) in [4.78, 5) is 47.6. The van der Waals surface area contributed by atoms with Gasteiger partial charge in [-0.3, -0.25) is 29.4 Å². The number of ketones is 1. The van der Waals surface area contributed by atoms with E-state index in [1.165, 1.54) is 31.4 Å². The third-order valence-electron chi connectivity index (χ3n) is 3.84. The van der Waals surface area contributed by atoms with Crippen molar-refractivity contribution in [1.82, 2.24) is 0 Å². The summed E-state index contributed by atoms with van der Waals surface area (Å²) in [6.45, 7) is -0.360. The molecule has 9 heteroatoms. The second-order valence-corrected chi connectivity index (χ2v) is 5.43. The number of nitrogens with zero attached hydrogens (tertiary/aromatic N) is 2. The van der Waals surface area contributed by atoms with Crippen molar-refractivity contribution in [3.8, 4) is 5.75 Å². The van der Waals surface area contributed by atoms with Crippen molar-refractivity contribution in [3.05, 3.63) is 58.1 Å². The standard InChI is InChI=1S/C17H13N3O6/c1-26-14-8-10(6-7-13(14)20(24)25)18-15(21)9-19-12-5-3-2-4-11(12)16(22)17(19)23/h2-8H,9H2,1H3,(H,18,21). The van der Waals surface area contributed by atoms with Gasteiger partial charge in [-0.15, -0.1) is 0 Å². The second-order valence-electron chi connectivity index (χ2n) is 5.43. The van der Waals surface area contributed by atoms with Crippen LogP contribution in [0.15, 0.2) is 42.5 Å². The summed E-state index contributed by atoms with van der Waals surface area (Å²) in [5, 5.41) is 13.4. The molecule has 1 aliphatic heterocycles. The van der Waals surface area contributed by atoms with E-state index in [4.69, 9.17) is 4.74 Å². The Labute approximate surface area is 147 Å². The third kappa shape index (κ3) is 2.97. The maximum Gasteiger partial charge on any atom is 0.311 e. The lowest BCUT2D eigenvalue weighted by molar-refractivity contribution is -0.385. The van der Waals surface area contributed by atoms with Crippen LogP contribution in [0.3, 0.4) is 0 Å². The Bertz CT molecular complexity index is 940. The number of nitro benzene ring substituents is 1. The van der Waals surface area contributed by atoms with Gasteiger partial charge in [-0.25, -0.2) is 0 Å². The third-order valence-corrected chi connectivity index (χ3v) is 3.84. The zero-order valence-corrected chi connectivity index (χ0v) is 13.6. The number of amides is 2. The Morgan fingerprint density at radius 2 is 1.96 bits per heavy atom. The molecule has 0 bridgehead atoms. The molecule has 26 heavy (non-hydrogen) atoms. The van der Waals surface area contributed by atoms with Gasteiger partial charge in [0.2, 0.25) is 5.91 Å². The summed E-state index contributed by atoms with van der Waals surface area (Å²) in [5.74, 6) is -2.00. The molecule has 0 aliphatic carbocycles. The van der Waals surface area contributed by atoms with Crippen LogP contribution in [0.4, 0.5) is 17.1 Å². The highest BCUT2D eigenvalue weighted by Crippen LogP contribution is 2.30. The number of methoxy groups -OCH3 is 1. The Morgan fingerprint density at radius 1 is 1.23 bits per heavy atom. The van der Waals surface area contributed by atoms with Crippen molar-refractivity contribution in [2.45, 2.75) is 0 Å². The van der Waals surface area contributed by atoms with Gasteiger partial charge in [0.1, 0.15) is 6.54 Å². The van der Waals surface area contributed by atoms with Gasteiger partial charge in [-0.05, 0) is 18.2 Å². The fourth-order valence-corrected chi connectivity index (χ4v) is 2.66. The van der Waals surface area contributed by atoms with Crippen molar-refractivity contribution in [2.75, 3.05) is 23.9 Å². The molecule has 1 N–H and O–H groups in total. The van der Waals surface area contributed by atoms with E-state index >= 15 is 0 Å². The lowest BCUT2D eigenvalue weighted by Crippen LogP contribution is -2.37. The van der Waals surface area contributed by atoms with Crippen molar-refractivity contribution >= 4 is 34.7 Å². The van der Waals surface area contributed by atoms with Crippen LogP contribution in [0, 0.1) is 10.1 Å². The first-order valence-electron chi connectivity index (χ1n) is 7.50. The summed E-state index contributed by atoms with van der Waals surface area (Å²) in [5.41, 5.74) is 0.657. The molecule has 9 nitrogen and oxygen atoms in total. The normalized spacial score (nSPS) is 12.7. The lowest BCUT2D eigenvalue weighted by Gasteiger charge is -2.16. The molecule has 2 aromatic carbocycles. The molecule has 0 atom stereocenters. The first-order valence-corrected chi connectivity index (χ1v) is 7.50. The number of rotatable bonds is 5. The topological polar surface area (TPSA) is 119 Å². The van der Waals surface area contributed by atoms with Crippen molar-refractivity contribution < 1.29 is 24.0 Å². The number of ether oxygens (including phenoxy) is 1. The van der Waals surface area contributed by atoms with Crippen molar-refractivity contribution in [2.24, 2.45) is 0 Å². The fourth-order valence-electron chi connectivity index (χ4n) is 2.66. The number of carbonyl (C=O) groups is 3. The molecule has 3 rings (SSSR count). The highest BCUT2D eigenvalue weighted by Gasteiger charge is 2.36. The number of nitro groups is 1. The summed E-state index contributed by atoms with van der Waals surface area (Å²) in [6.07, 6.45) is 0. The number of fused-ring (bicyclic) bond motifs is 1. The smallest absolute Gasteiger partial charge is 0.311 e. The number of hydrogen-bond acceptors (Lipinski definition) is 6. The maximum absolute atomic E-state index is 12.3. The molecule has 1 heterocycles. The Balaban J connectivity index is 1.77. The van der Waals surface area contributed by atoms with E-state index in [1.54, 1.807) is 18.2 Å². The molecule has 1 aliphatic rings. The van der Waals surface area contributed by atoms with Crippen LogP contribution < -0.4 is 15.0 Å². The molecule has 0 saturated carbocycles. The van der Waals surface area contributed by atoms with Crippen molar-refractivity contribution in [3.63, 3.8) is 0 Å².